The molecule has 1 amide bonds. The molecule has 0 rings (SSSR count). The first kappa shape index (κ1) is 49.2. The molecule has 9 nitrogen and oxygen atoms in total. The Morgan fingerprint density at radius 2 is 1.10 bits per heavy atom. The molecule has 0 radical (unpaired) electrons. The van der Waals surface area contributed by atoms with Crippen molar-refractivity contribution in [1.82, 2.24) is 5.32 Å². The Bertz CT molecular complexity index is 817. The van der Waals surface area contributed by atoms with Crippen molar-refractivity contribution < 1.29 is 33.5 Å². The van der Waals surface area contributed by atoms with Crippen LogP contribution in [0.4, 0.5) is 0 Å². The van der Waals surface area contributed by atoms with E-state index in [0.717, 1.165) is 38.5 Å². The number of allylic oxidation sites excluding steroid dienone is 2. The fraction of sp³-hybridized carbons (Fsp3) is 0.925. The van der Waals surface area contributed by atoms with Gasteiger partial charge in [-0.2, -0.15) is 0 Å². The summed E-state index contributed by atoms with van der Waals surface area (Å²) in [6.07, 6.45) is 35.4. The Morgan fingerprint density at radius 1 is 0.660 bits per heavy atom. The molecular weight excluding hydrogens is 651 g/mol. The number of hydrogen-bond donors (Lipinski definition) is 5. The van der Waals surface area contributed by atoms with Gasteiger partial charge in [0.15, 0.2) is 0 Å². The molecule has 0 fully saturated rings. The first-order valence-corrected chi connectivity index (χ1v) is 22.4. The van der Waals surface area contributed by atoms with E-state index in [1.165, 1.54) is 128 Å². The van der Waals surface area contributed by atoms with Gasteiger partial charge in [0.2, 0.25) is 5.91 Å². The minimum absolute atomic E-state index is 0.0583. The Balaban J connectivity index is 4.31. The lowest BCUT2D eigenvalue weighted by Gasteiger charge is -2.25. The Hall–Kier alpha value is -0.800. The molecule has 10 heteroatoms. The summed E-state index contributed by atoms with van der Waals surface area (Å²) in [4.78, 5) is 22.7. The first-order chi connectivity index (χ1) is 24.3. The van der Waals surface area contributed by atoms with Crippen LogP contribution in [0.25, 0.3) is 0 Å². The average molecular weight is 733 g/mol. The number of rotatable bonds is 39. The van der Waals surface area contributed by atoms with Crippen LogP contribution in [0.1, 0.15) is 200 Å². The van der Waals surface area contributed by atoms with Gasteiger partial charge in [-0.15, -0.1) is 0 Å². The van der Waals surface area contributed by atoms with Crippen molar-refractivity contribution >= 4 is 13.7 Å². The zero-order valence-corrected chi connectivity index (χ0v) is 33.4. The third-order valence-electron chi connectivity index (χ3n) is 9.42. The molecule has 0 heterocycles. The number of phosphoric ester groups is 1. The lowest BCUT2D eigenvalue weighted by atomic mass is 10.0. The first-order valence-electron chi connectivity index (χ1n) is 20.9. The number of amides is 1. The topological polar surface area (TPSA) is 151 Å². The van der Waals surface area contributed by atoms with Gasteiger partial charge in [0.05, 0.1) is 37.9 Å². The molecule has 50 heavy (non-hydrogen) atoms. The van der Waals surface area contributed by atoms with E-state index in [4.69, 9.17) is 14.8 Å². The van der Waals surface area contributed by atoms with Crippen LogP contribution in [0.5, 0.6) is 0 Å². The quantitative estimate of drug-likeness (QED) is 0.0238. The van der Waals surface area contributed by atoms with Gasteiger partial charge >= 0.3 is 7.82 Å². The second-order valence-electron chi connectivity index (χ2n) is 14.4. The molecule has 0 aromatic rings. The van der Waals surface area contributed by atoms with Gasteiger partial charge < -0.3 is 26.2 Å². The maximum atomic E-state index is 12.8. The summed E-state index contributed by atoms with van der Waals surface area (Å²) in [5, 5.41) is 24.1. The minimum Gasteiger partial charge on any atom is -0.393 e. The molecule has 298 valence electrons. The highest BCUT2D eigenvalue weighted by Gasteiger charge is 2.28. The number of unbranched alkanes of at least 4 members (excludes halogenated alkanes) is 23. The van der Waals surface area contributed by atoms with Gasteiger partial charge in [-0.05, 0) is 38.5 Å². The summed E-state index contributed by atoms with van der Waals surface area (Å²) in [5.74, 6) is -0.429. The highest BCUT2D eigenvalue weighted by Crippen LogP contribution is 2.43. The van der Waals surface area contributed by atoms with Gasteiger partial charge in [0.25, 0.3) is 0 Å². The third kappa shape index (κ3) is 34.3. The molecule has 0 spiro atoms. The van der Waals surface area contributed by atoms with E-state index in [1.807, 2.05) is 0 Å². The maximum absolute atomic E-state index is 12.8. The van der Waals surface area contributed by atoms with Crippen molar-refractivity contribution in [2.24, 2.45) is 5.73 Å². The maximum Gasteiger partial charge on any atom is 0.472 e. The molecule has 0 saturated heterocycles. The molecule has 0 aromatic carbocycles. The number of carbonyl (C=O) groups excluding carboxylic acids is 1. The summed E-state index contributed by atoms with van der Waals surface area (Å²) >= 11 is 0. The van der Waals surface area contributed by atoms with Crippen molar-refractivity contribution in [2.75, 3.05) is 19.8 Å². The van der Waals surface area contributed by atoms with E-state index in [1.54, 1.807) is 0 Å². The summed E-state index contributed by atoms with van der Waals surface area (Å²) in [7, 11) is -4.37. The smallest absolute Gasteiger partial charge is 0.393 e. The van der Waals surface area contributed by atoms with Crippen molar-refractivity contribution in [3.05, 3.63) is 12.2 Å². The van der Waals surface area contributed by atoms with Crippen LogP contribution >= 0.6 is 7.82 Å². The van der Waals surface area contributed by atoms with Crippen molar-refractivity contribution in [3.8, 4) is 0 Å². The highest BCUT2D eigenvalue weighted by atomic mass is 31.2. The molecule has 4 atom stereocenters. The van der Waals surface area contributed by atoms with E-state index in [0.29, 0.717) is 12.8 Å². The summed E-state index contributed by atoms with van der Waals surface area (Å²) in [6, 6.07) is -0.900. The summed E-state index contributed by atoms with van der Waals surface area (Å²) in [6.45, 7) is 4.02. The van der Waals surface area contributed by atoms with Crippen molar-refractivity contribution in [1.29, 1.82) is 0 Å². The Kier molecular flexibility index (Phi) is 36.0. The average Bonchev–Trinajstić information content (AvgIpc) is 3.09. The second kappa shape index (κ2) is 36.6. The predicted molar refractivity (Wildman–Crippen MR) is 209 cm³/mol. The van der Waals surface area contributed by atoms with Crippen LogP contribution in [0.15, 0.2) is 12.2 Å². The predicted octanol–water partition coefficient (Wildman–Crippen LogP) is 10.2. The lowest BCUT2D eigenvalue weighted by molar-refractivity contribution is -0.125. The SMILES string of the molecule is CCCCCCCC/C=C\CCCC(O)CC(=O)NC(COP(=O)(O)OCCN)C(O)CCCCCCCCCCCCCCCCCCC. The zero-order chi connectivity index (χ0) is 37.0. The van der Waals surface area contributed by atoms with E-state index in [9.17, 15) is 24.5 Å². The van der Waals surface area contributed by atoms with Gasteiger partial charge in [0.1, 0.15) is 0 Å². The van der Waals surface area contributed by atoms with Crippen LogP contribution in [0.2, 0.25) is 0 Å². The van der Waals surface area contributed by atoms with Gasteiger partial charge in [-0.25, -0.2) is 4.57 Å². The molecule has 0 aliphatic rings. The molecular formula is C40H81N2O7P. The minimum atomic E-state index is -4.37. The molecule has 0 aliphatic carbocycles. The van der Waals surface area contributed by atoms with E-state index in [2.05, 4.69) is 31.3 Å². The van der Waals surface area contributed by atoms with E-state index >= 15 is 0 Å². The Morgan fingerprint density at radius 3 is 1.58 bits per heavy atom. The van der Waals surface area contributed by atoms with Crippen LogP contribution in [-0.4, -0.2) is 59.0 Å². The molecule has 0 aliphatic heterocycles. The summed E-state index contributed by atoms with van der Waals surface area (Å²) in [5.41, 5.74) is 5.36. The van der Waals surface area contributed by atoms with E-state index < -0.39 is 32.0 Å². The van der Waals surface area contributed by atoms with Crippen LogP contribution in [0, 0.1) is 0 Å². The number of phosphoric acid groups is 1. The molecule has 0 saturated carbocycles. The highest BCUT2D eigenvalue weighted by molar-refractivity contribution is 7.47. The molecule has 0 bridgehead atoms. The number of aliphatic hydroxyl groups is 2. The fourth-order valence-electron chi connectivity index (χ4n) is 6.24. The standard InChI is InChI=1S/C40H81N2O7P/c1-3-5-7-9-11-13-15-16-17-18-19-20-22-24-26-28-30-32-39(44)38(36-49-50(46,47)48-34-33-41)42-40(45)35-37(43)31-29-27-25-23-21-14-12-10-8-6-4-2/h23,25,37-39,43-44H,3-22,24,26-36,41H2,1-2H3,(H,42,45)(H,46,47)/b25-23-. The van der Waals surface area contributed by atoms with Gasteiger partial charge in [-0.3, -0.25) is 13.8 Å². The van der Waals surface area contributed by atoms with Crippen LogP contribution in [-0.2, 0) is 18.4 Å². The van der Waals surface area contributed by atoms with E-state index in [-0.39, 0.29) is 26.2 Å². The number of carbonyl (C=O) groups is 1. The van der Waals surface area contributed by atoms with Gasteiger partial charge in [0, 0.05) is 6.54 Å². The number of hydrogen-bond acceptors (Lipinski definition) is 7. The van der Waals surface area contributed by atoms with Crippen molar-refractivity contribution in [3.63, 3.8) is 0 Å². The molecule has 6 N–H and O–H groups in total. The number of nitrogens with one attached hydrogen (secondary N) is 1. The van der Waals surface area contributed by atoms with Crippen LogP contribution in [0.3, 0.4) is 0 Å². The van der Waals surface area contributed by atoms with Crippen molar-refractivity contribution in [2.45, 2.75) is 218 Å². The second-order valence-corrected chi connectivity index (χ2v) is 15.8. The fourth-order valence-corrected chi connectivity index (χ4v) is 7.00. The lowest BCUT2D eigenvalue weighted by Crippen LogP contribution is -2.47. The van der Waals surface area contributed by atoms with Crippen LogP contribution < -0.4 is 11.1 Å². The molecule has 0 aromatic heterocycles. The Labute approximate surface area is 307 Å². The third-order valence-corrected chi connectivity index (χ3v) is 10.4. The monoisotopic (exact) mass is 733 g/mol. The number of nitrogens with two attached hydrogens (primary N) is 1. The largest absolute Gasteiger partial charge is 0.472 e. The van der Waals surface area contributed by atoms with Gasteiger partial charge in [-0.1, -0.05) is 167 Å². The zero-order valence-electron chi connectivity index (χ0n) is 32.5. The normalized spacial score (nSPS) is 14.9. The molecule has 4 unspecified atom stereocenters. The number of aliphatic hydroxyl groups excluding tert-OH is 2. The summed E-state index contributed by atoms with van der Waals surface area (Å²) < 4.78 is 22.1.